The molecule has 0 aromatic carbocycles. The van der Waals surface area contributed by atoms with Gasteiger partial charge >= 0.3 is 0 Å². The second kappa shape index (κ2) is 3.87. The van der Waals surface area contributed by atoms with Gasteiger partial charge in [-0.25, -0.2) is 5.48 Å². The van der Waals surface area contributed by atoms with Crippen LogP contribution in [0.25, 0.3) is 0 Å². The Labute approximate surface area is 84.1 Å². The molecule has 0 bridgehead atoms. The van der Waals surface area contributed by atoms with Crippen molar-refractivity contribution in [1.29, 1.82) is 0 Å². The summed E-state index contributed by atoms with van der Waals surface area (Å²) in [6.07, 6.45) is 7.34. The van der Waals surface area contributed by atoms with E-state index in [1.54, 1.807) is 0 Å². The third-order valence-corrected chi connectivity index (χ3v) is 3.32. The number of amides is 1. The summed E-state index contributed by atoms with van der Waals surface area (Å²) in [6.45, 7) is 0. The normalized spacial score (nSPS) is 25.8. The number of rotatable bonds is 3. The molecule has 2 rings (SSSR count). The largest absolute Gasteiger partial charge is 0.317 e. The number of hydrogen-bond acceptors (Lipinski definition) is 3. The van der Waals surface area contributed by atoms with Gasteiger partial charge in [-0.1, -0.05) is 12.8 Å². The van der Waals surface area contributed by atoms with Crippen LogP contribution in [-0.4, -0.2) is 17.6 Å². The molecule has 2 fully saturated rings. The Bertz CT molecular complexity index is 220. The molecule has 3 N–H and O–H groups in total. The highest BCUT2D eigenvalue weighted by Gasteiger charge is 2.40. The van der Waals surface area contributed by atoms with Gasteiger partial charge in [0.05, 0.1) is 11.6 Å². The van der Waals surface area contributed by atoms with E-state index in [9.17, 15) is 4.79 Å². The molecule has 0 spiro atoms. The lowest BCUT2D eigenvalue weighted by Gasteiger charge is -2.36. The fraction of sp³-hybridized carbons (Fsp3) is 0.900. The minimum Gasteiger partial charge on any atom is -0.317 e. The summed E-state index contributed by atoms with van der Waals surface area (Å²) >= 11 is 0. The first-order valence-corrected chi connectivity index (χ1v) is 5.46. The quantitative estimate of drug-likeness (QED) is 0.661. The van der Waals surface area contributed by atoms with E-state index in [0.717, 1.165) is 32.1 Å². The average molecular weight is 198 g/mol. The van der Waals surface area contributed by atoms with Gasteiger partial charge in [0.2, 0.25) is 0 Å². The number of carbonyl (C=O) groups excluding carboxylic acids is 1. The van der Waals surface area contributed by atoms with Crippen molar-refractivity contribution in [3.63, 3.8) is 0 Å². The van der Waals surface area contributed by atoms with Crippen LogP contribution in [-0.2, 0) is 9.63 Å². The van der Waals surface area contributed by atoms with Crippen LogP contribution in [0.1, 0.15) is 44.9 Å². The highest BCUT2D eigenvalue weighted by molar-refractivity contribution is 5.86. The molecule has 2 aliphatic rings. The predicted octanol–water partition coefficient (Wildman–Crippen LogP) is 0.858. The van der Waals surface area contributed by atoms with Crippen molar-refractivity contribution in [3.8, 4) is 0 Å². The monoisotopic (exact) mass is 198 g/mol. The summed E-state index contributed by atoms with van der Waals surface area (Å²) in [7, 11) is 0. The van der Waals surface area contributed by atoms with E-state index in [4.69, 9.17) is 10.6 Å². The van der Waals surface area contributed by atoms with Gasteiger partial charge in [-0.05, 0) is 32.1 Å². The molecular formula is C10H18N2O2. The molecule has 0 aromatic heterocycles. The summed E-state index contributed by atoms with van der Waals surface area (Å²) in [5.74, 6) is -0.143. The van der Waals surface area contributed by atoms with Crippen molar-refractivity contribution in [2.24, 2.45) is 5.73 Å². The first-order chi connectivity index (χ1) is 6.71. The fourth-order valence-corrected chi connectivity index (χ4v) is 2.03. The van der Waals surface area contributed by atoms with Crippen molar-refractivity contribution < 1.29 is 9.63 Å². The molecule has 14 heavy (non-hydrogen) atoms. The molecule has 0 aliphatic heterocycles. The van der Waals surface area contributed by atoms with Crippen molar-refractivity contribution in [2.75, 3.05) is 0 Å². The van der Waals surface area contributed by atoms with Gasteiger partial charge in [0.15, 0.2) is 0 Å². The molecular weight excluding hydrogens is 180 g/mol. The number of nitrogens with two attached hydrogens (primary N) is 1. The average Bonchev–Trinajstić information content (AvgIpc) is 2.62. The predicted molar refractivity (Wildman–Crippen MR) is 52.3 cm³/mol. The lowest BCUT2D eigenvalue weighted by atomic mass is 9.77. The minimum atomic E-state index is -0.640. The van der Waals surface area contributed by atoms with E-state index in [1.165, 1.54) is 12.8 Å². The molecule has 80 valence electrons. The van der Waals surface area contributed by atoms with E-state index in [0.29, 0.717) is 0 Å². The van der Waals surface area contributed by atoms with Gasteiger partial charge in [0, 0.05) is 0 Å². The number of nitrogens with one attached hydrogen (secondary N) is 1. The Morgan fingerprint density at radius 2 is 1.93 bits per heavy atom. The van der Waals surface area contributed by atoms with Gasteiger partial charge in [0.25, 0.3) is 5.91 Å². The van der Waals surface area contributed by atoms with Crippen molar-refractivity contribution in [1.82, 2.24) is 5.48 Å². The van der Waals surface area contributed by atoms with Crippen LogP contribution in [0.2, 0.25) is 0 Å². The van der Waals surface area contributed by atoms with E-state index < -0.39 is 5.54 Å². The van der Waals surface area contributed by atoms with E-state index >= 15 is 0 Å². The highest BCUT2D eigenvalue weighted by atomic mass is 16.7. The fourth-order valence-electron chi connectivity index (χ4n) is 2.03. The van der Waals surface area contributed by atoms with Crippen LogP contribution in [0.4, 0.5) is 0 Å². The topological polar surface area (TPSA) is 64.4 Å². The second-order valence-electron chi connectivity index (χ2n) is 4.47. The van der Waals surface area contributed by atoms with E-state index in [-0.39, 0.29) is 12.0 Å². The molecule has 0 aromatic rings. The molecule has 4 nitrogen and oxygen atoms in total. The molecule has 1 amide bonds. The Morgan fingerprint density at radius 1 is 1.29 bits per heavy atom. The van der Waals surface area contributed by atoms with Crippen LogP contribution in [0, 0.1) is 0 Å². The van der Waals surface area contributed by atoms with Gasteiger partial charge in [-0.15, -0.1) is 0 Å². The highest BCUT2D eigenvalue weighted by Crippen LogP contribution is 2.29. The molecule has 0 heterocycles. The molecule has 0 saturated heterocycles. The zero-order valence-electron chi connectivity index (χ0n) is 8.42. The maximum atomic E-state index is 11.5. The van der Waals surface area contributed by atoms with Crippen LogP contribution < -0.4 is 11.2 Å². The first kappa shape index (κ1) is 9.93. The van der Waals surface area contributed by atoms with Crippen LogP contribution in [0.5, 0.6) is 0 Å². The zero-order valence-corrected chi connectivity index (χ0v) is 8.42. The number of carbonyl (C=O) groups is 1. The van der Waals surface area contributed by atoms with Crippen LogP contribution >= 0.6 is 0 Å². The Balaban J connectivity index is 1.71. The van der Waals surface area contributed by atoms with E-state index in [2.05, 4.69) is 5.48 Å². The molecule has 0 unspecified atom stereocenters. The summed E-state index contributed by atoms with van der Waals surface area (Å²) < 4.78 is 0. The van der Waals surface area contributed by atoms with E-state index in [1.807, 2.05) is 0 Å². The first-order valence-electron chi connectivity index (χ1n) is 5.46. The lowest BCUT2D eigenvalue weighted by molar-refractivity contribution is -0.146. The minimum absolute atomic E-state index is 0.143. The molecule has 2 saturated carbocycles. The Hall–Kier alpha value is -0.610. The molecule has 0 radical (unpaired) electrons. The second-order valence-corrected chi connectivity index (χ2v) is 4.47. The van der Waals surface area contributed by atoms with Gasteiger partial charge < -0.3 is 5.73 Å². The molecule has 4 heteroatoms. The van der Waals surface area contributed by atoms with Crippen molar-refractivity contribution in [3.05, 3.63) is 0 Å². The summed E-state index contributed by atoms with van der Waals surface area (Å²) in [5.41, 5.74) is 7.70. The lowest BCUT2D eigenvalue weighted by Crippen LogP contribution is -2.58. The third-order valence-electron chi connectivity index (χ3n) is 3.32. The molecule has 2 aliphatic carbocycles. The summed E-state index contributed by atoms with van der Waals surface area (Å²) in [4.78, 5) is 16.8. The van der Waals surface area contributed by atoms with Gasteiger partial charge in [0.1, 0.15) is 0 Å². The van der Waals surface area contributed by atoms with Gasteiger partial charge in [-0.2, -0.15) is 0 Å². The van der Waals surface area contributed by atoms with Crippen molar-refractivity contribution >= 4 is 5.91 Å². The zero-order chi connectivity index (χ0) is 10.0. The molecule has 0 atom stereocenters. The van der Waals surface area contributed by atoms with Crippen LogP contribution in [0.15, 0.2) is 0 Å². The number of hydroxylamine groups is 1. The summed E-state index contributed by atoms with van der Waals surface area (Å²) in [6, 6.07) is 0. The third kappa shape index (κ3) is 1.91. The Morgan fingerprint density at radius 3 is 2.43 bits per heavy atom. The standard InChI is InChI=1S/C10H18N2O2/c11-10(6-3-7-10)9(13)12-14-8-4-1-2-5-8/h8H,1-7,11H2,(H,12,13). The van der Waals surface area contributed by atoms with Crippen molar-refractivity contribution in [2.45, 2.75) is 56.6 Å². The Kier molecular flexibility index (Phi) is 2.74. The summed E-state index contributed by atoms with van der Waals surface area (Å²) in [5, 5.41) is 0. The smallest absolute Gasteiger partial charge is 0.263 e. The maximum absolute atomic E-state index is 11.5. The number of hydrogen-bond donors (Lipinski definition) is 2. The van der Waals surface area contributed by atoms with Crippen LogP contribution in [0.3, 0.4) is 0 Å². The van der Waals surface area contributed by atoms with Gasteiger partial charge in [-0.3, -0.25) is 9.63 Å². The SMILES string of the molecule is NC1(C(=O)NOC2CCCC2)CCC1. The maximum Gasteiger partial charge on any atom is 0.263 e.